The van der Waals surface area contributed by atoms with Crippen LogP contribution in [0.15, 0.2) is 212 Å². The van der Waals surface area contributed by atoms with Gasteiger partial charge in [0.05, 0.1) is 84.3 Å². The van der Waals surface area contributed by atoms with Crippen LogP contribution in [0.2, 0.25) is 0 Å². The molecule has 0 spiro atoms. The number of hydrogen-bond acceptors (Lipinski definition) is 2. The summed E-state index contributed by atoms with van der Waals surface area (Å²) in [6.07, 6.45) is -4.76. The predicted octanol–water partition coefficient (Wildman–Crippen LogP) is 16.5. The lowest BCUT2D eigenvalue weighted by Crippen LogP contribution is -2.08. The second-order valence-corrected chi connectivity index (χ2v) is 18.3. The Balaban J connectivity index is 1.09. The highest BCUT2D eigenvalue weighted by atomic mass is 19.4. The minimum atomic E-state index is -4.76. The van der Waals surface area contributed by atoms with Crippen LogP contribution < -0.4 is 0 Å². The Hall–Kier alpha value is -9.83. The summed E-state index contributed by atoms with van der Waals surface area (Å²) in [4.78, 5) is 0. The van der Waals surface area contributed by atoms with Crippen molar-refractivity contribution in [1.29, 1.82) is 10.5 Å². The lowest BCUT2D eigenvalue weighted by Gasteiger charge is -2.22. The van der Waals surface area contributed by atoms with Crippen LogP contribution in [0, 0.1) is 22.7 Å². The summed E-state index contributed by atoms with van der Waals surface area (Å²) in [7, 11) is 0. The third kappa shape index (κ3) is 5.95. The highest BCUT2D eigenvalue weighted by molar-refractivity contribution is 6.15. The number of alkyl halides is 3. The largest absolute Gasteiger partial charge is 0.416 e. The fourth-order valence-corrected chi connectivity index (χ4v) is 11.4. The van der Waals surface area contributed by atoms with Gasteiger partial charge in [-0.05, 0) is 109 Å². The molecule has 0 aliphatic carbocycles. The number of nitrogens with zero attached hydrogens (tertiary/aromatic N) is 6. The molecule has 0 saturated heterocycles. The van der Waals surface area contributed by atoms with Crippen LogP contribution in [-0.4, -0.2) is 18.3 Å². The summed E-state index contributed by atoms with van der Waals surface area (Å²) in [6.45, 7) is 0. The Morgan fingerprint density at radius 2 is 0.639 bits per heavy atom. The van der Waals surface area contributed by atoms with E-state index in [1.54, 1.807) is 12.1 Å². The molecule has 0 saturated carbocycles. The molecule has 4 heterocycles. The second kappa shape index (κ2) is 15.3. The summed E-state index contributed by atoms with van der Waals surface area (Å²) in [5.74, 6) is 0. The van der Waals surface area contributed by atoms with E-state index in [-0.39, 0.29) is 11.1 Å². The topological polar surface area (TPSA) is 67.3 Å². The number of nitriles is 2. The SMILES string of the molecule is N#Cc1cc(-c2c(-n3c4ccccc4c4cc(-n5c6ccccc6c6ccccc65)ccc43)cc(C#N)cc2-n2c3ccccc3c3cc(-n4c5ccccc5c5ccccc54)ccc32)cc(C(F)(F)F)c1. The van der Waals surface area contributed by atoms with Crippen LogP contribution in [-0.2, 0) is 6.18 Å². The summed E-state index contributed by atoms with van der Waals surface area (Å²) in [5, 5.41) is 29.5. The Morgan fingerprint density at radius 1 is 0.319 bits per heavy atom. The zero-order valence-corrected chi connectivity index (χ0v) is 38.0. The molecule has 14 rings (SSSR count). The van der Waals surface area contributed by atoms with Crippen LogP contribution in [0.1, 0.15) is 16.7 Å². The van der Waals surface area contributed by atoms with Gasteiger partial charge in [0.1, 0.15) is 0 Å². The monoisotopic (exact) mass is 932 g/mol. The highest BCUT2D eigenvalue weighted by Crippen LogP contribution is 2.46. The molecule has 0 radical (unpaired) electrons. The van der Waals surface area contributed by atoms with E-state index in [4.69, 9.17) is 0 Å². The predicted molar refractivity (Wildman–Crippen MR) is 284 cm³/mol. The minimum absolute atomic E-state index is 0.142. The van der Waals surface area contributed by atoms with Gasteiger partial charge in [-0.3, -0.25) is 0 Å². The Morgan fingerprint density at radius 3 is 1.00 bits per heavy atom. The van der Waals surface area contributed by atoms with Crippen molar-refractivity contribution in [2.24, 2.45) is 0 Å². The van der Waals surface area contributed by atoms with Crippen molar-refractivity contribution in [2.45, 2.75) is 6.18 Å². The van der Waals surface area contributed by atoms with Gasteiger partial charge >= 0.3 is 6.18 Å². The molecule has 72 heavy (non-hydrogen) atoms. The van der Waals surface area contributed by atoms with E-state index < -0.39 is 11.7 Å². The molecular formula is C63H35F3N6. The standard InChI is InChI=1S/C63H35F3N6/c64-63(65,66)41-30-38(36-67)29-40(33-41)62-60(71-56-23-11-5-17-48(56)50-34-42(25-27-58(50)71)69-52-19-7-1-13-44(52)45-14-2-8-20-53(45)69)31-39(37-68)32-61(62)72-57-24-12-6-18-49(57)51-35-43(26-28-59(51)72)70-54-21-9-3-15-46(54)47-16-4-10-22-55(47)70/h1-35H. The third-order valence-electron chi connectivity index (χ3n) is 14.4. The van der Waals surface area contributed by atoms with Crippen molar-refractivity contribution in [2.75, 3.05) is 0 Å². The molecule has 0 fully saturated rings. The number of halogens is 3. The normalized spacial score (nSPS) is 12.1. The van der Waals surface area contributed by atoms with Gasteiger partial charge in [0, 0.05) is 60.0 Å². The lowest BCUT2D eigenvalue weighted by molar-refractivity contribution is -0.137. The molecule has 0 aliphatic rings. The molecule has 338 valence electrons. The highest BCUT2D eigenvalue weighted by Gasteiger charge is 2.33. The van der Waals surface area contributed by atoms with E-state index in [0.29, 0.717) is 22.5 Å². The summed E-state index contributed by atoms with van der Waals surface area (Å²) in [5.41, 5.74) is 10.0. The average Bonchev–Trinajstić information content (AvgIpc) is 4.15. The molecule has 14 aromatic rings. The molecule has 0 unspecified atom stereocenters. The van der Waals surface area contributed by atoms with E-state index in [9.17, 15) is 10.5 Å². The first kappa shape index (κ1) is 41.2. The number of benzene rings is 10. The van der Waals surface area contributed by atoms with Crippen molar-refractivity contribution in [3.63, 3.8) is 0 Å². The summed E-state index contributed by atoms with van der Waals surface area (Å²) in [6, 6.07) is 73.4. The van der Waals surface area contributed by atoms with Crippen LogP contribution in [0.4, 0.5) is 13.2 Å². The van der Waals surface area contributed by atoms with E-state index in [1.165, 1.54) is 6.07 Å². The van der Waals surface area contributed by atoms with Gasteiger partial charge in [0.15, 0.2) is 0 Å². The summed E-state index contributed by atoms with van der Waals surface area (Å²) >= 11 is 0. The molecular weight excluding hydrogens is 898 g/mol. The van der Waals surface area contributed by atoms with Gasteiger partial charge in [0.2, 0.25) is 0 Å². The Labute approximate surface area is 408 Å². The van der Waals surface area contributed by atoms with Crippen molar-refractivity contribution >= 4 is 87.2 Å². The molecule has 9 heteroatoms. The van der Waals surface area contributed by atoms with Crippen molar-refractivity contribution in [3.05, 3.63) is 229 Å². The first-order valence-corrected chi connectivity index (χ1v) is 23.5. The fourth-order valence-electron chi connectivity index (χ4n) is 11.4. The molecule has 0 N–H and O–H groups in total. The van der Waals surface area contributed by atoms with Gasteiger partial charge in [-0.1, -0.05) is 109 Å². The number of rotatable bonds is 5. The molecule has 10 aromatic carbocycles. The van der Waals surface area contributed by atoms with Gasteiger partial charge in [-0.25, -0.2) is 0 Å². The van der Waals surface area contributed by atoms with Crippen LogP contribution in [0.3, 0.4) is 0 Å². The molecule has 6 nitrogen and oxygen atoms in total. The summed E-state index contributed by atoms with van der Waals surface area (Å²) < 4.78 is 53.7. The van der Waals surface area contributed by atoms with Crippen molar-refractivity contribution in [1.82, 2.24) is 18.3 Å². The number of hydrogen-bond donors (Lipinski definition) is 0. The maximum atomic E-state index is 15.0. The average molecular weight is 933 g/mol. The number of fused-ring (bicyclic) bond motifs is 12. The number of aromatic nitrogens is 4. The van der Waals surface area contributed by atoms with Gasteiger partial charge < -0.3 is 18.3 Å². The first-order valence-electron chi connectivity index (χ1n) is 23.5. The van der Waals surface area contributed by atoms with Crippen molar-refractivity contribution < 1.29 is 13.2 Å². The van der Waals surface area contributed by atoms with Crippen molar-refractivity contribution in [3.8, 4) is 46.0 Å². The molecule has 0 aliphatic heterocycles. The van der Waals surface area contributed by atoms with Gasteiger partial charge in [-0.2, -0.15) is 23.7 Å². The lowest BCUT2D eigenvalue weighted by atomic mass is 9.95. The van der Waals surface area contributed by atoms with Gasteiger partial charge in [0.25, 0.3) is 0 Å². The Kier molecular flexibility index (Phi) is 8.77. The Bertz CT molecular complexity index is 4360. The maximum absolute atomic E-state index is 15.0. The van der Waals surface area contributed by atoms with E-state index in [1.807, 2.05) is 91.0 Å². The van der Waals surface area contributed by atoms with Crippen LogP contribution >= 0.6 is 0 Å². The van der Waals surface area contributed by atoms with Crippen LogP contribution in [0.5, 0.6) is 0 Å². The zero-order chi connectivity index (χ0) is 48.4. The molecule has 0 bridgehead atoms. The number of para-hydroxylation sites is 6. The van der Waals surface area contributed by atoms with E-state index >= 15 is 13.2 Å². The first-order chi connectivity index (χ1) is 35.3. The molecule has 0 atom stereocenters. The van der Waals surface area contributed by atoms with E-state index in [2.05, 4.69) is 121 Å². The second-order valence-electron chi connectivity index (χ2n) is 18.3. The van der Waals surface area contributed by atoms with Gasteiger partial charge in [-0.15, -0.1) is 0 Å². The van der Waals surface area contributed by atoms with E-state index in [0.717, 1.165) is 111 Å². The zero-order valence-electron chi connectivity index (χ0n) is 38.0. The fraction of sp³-hybridized carbons (Fsp3) is 0.0159. The smallest absolute Gasteiger partial charge is 0.309 e. The van der Waals surface area contributed by atoms with Crippen LogP contribution in [0.25, 0.3) is 121 Å². The third-order valence-corrected chi connectivity index (χ3v) is 14.4. The molecule has 0 amide bonds. The minimum Gasteiger partial charge on any atom is -0.309 e. The quantitative estimate of drug-likeness (QED) is 0.173. The maximum Gasteiger partial charge on any atom is 0.416 e. The molecule has 4 aromatic heterocycles.